The van der Waals surface area contributed by atoms with Crippen LogP contribution in [0.15, 0.2) is 30.3 Å². The number of fused-ring (bicyclic) bond motifs is 1. The zero-order chi connectivity index (χ0) is 13.1. The number of hydrogen-bond acceptors (Lipinski definition) is 3. The average molecular weight is 244 g/mol. The minimum absolute atomic E-state index is 0.0218. The highest BCUT2D eigenvalue weighted by atomic mass is 16.3. The molecule has 1 aromatic heterocycles. The summed E-state index contributed by atoms with van der Waals surface area (Å²) in [6.45, 7) is 4.34. The predicted molar refractivity (Wildman–Crippen MR) is 75.8 cm³/mol. The molecule has 0 fully saturated rings. The molecule has 0 saturated heterocycles. The molecular weight excluding hydrogens is 224 g/mol. The van der Waals surface area contributed by atoms with E-state index < -0.39 is 0 Å². The summed E-state index contributed by atoms with van der Waals surface area (Å²) in [6.07, 6.45) is 1.05. The minimum Gasteiger partial charge on any atom is -0.392 e. The van der Waals surface area contributed by atoms with Crippen molar-refractivity contribution in [3.8, 4) is 0 Å². The summed E-state index contributed by atoms with van der Waals surface area (Å²) in [5, 5.41) is 10.6. The van der Waals surface area contributed by atoms with Gasteiger partial charge in [-0.2, -0.15) is 0 Å². The molecule has 1 N–H and O–H groups in total. The van der Waals surface area contributed by atoms with Crippen LogP contribution < -0.4 is 4.90 Å². The van der Waals surface area contributed by atoms with Gasteiger partial charge in [-0.3, -0.25) is 0 Å². The molecule has 0 radical (unpaired) electrons. The number of pyridine rings is 1. The third-order valence-electron chi connectivity index (χ3n) is 3.54. The summed E-state index contributed by atoms with van der Waals surface area (Å²) in [5.74, 6) is 0.880. The molecule has 0 amide bonds. The molecule has 0 bridgehead atoms. The molecule has 1 aromatic carbocycles. The Balaban J connectivity index is 2.54. The number of para-hydroxylation sites is 1. The van der Waals surface area contributed by atoms with Crippen LogP contribution in [0.5, 0.6) is 0 Å². The van der Waals surface area contributed by atoms with E-state index in [9.17, 15) is 5.11 Å². The topological polar surface area (TPSA) is 36.4 Å². The third-order valence-corrected chi connectivity index (χ3v) is 3.54. The van der Waals surface area contributed by atoms with Crippen molar-refractivity contribution in [3.63, 3.8) is 0 Å². The van der Waals surface area contributed by atoms with Gasteiger partial charge in [0.05, 0.1) is 12.1 Å². The molecule has 3 heteroatoms. The van der Waals surface area contributed by atoms with Gasteiger partial charge in [-0.15, -0.1) is 0 Å². The highest BCUT2D eigenvalue weighted by Crippen LogP contribution is 2.24. The first-order valence-corrected chi connectivity index (χ1v) is 6.39. The zero-order valence-corrected chi connectivity index (χ0v) is 11.2. The number of aliphatic hydroxyl groups excluding tert-OH is 1. The lowest BCUT2D eigenvalue weighted by atomic mass is 10.1. The van der Waals surface area contributed by atoms with E-state index in [4.69, 9.17) is 0 Å². The predicted octanol–water partition coefficient (Wildman–Crippen LogP) is 2.96. The molecule has 0 aliphatic rings. The lowest BCUT2D eigenvalue weighted by Gasteiger charge is -2.27. The molecular formula is C15H20N2O. The fraction of sp³-hybridized carbons (Fsp3) is 0.400. The lowest BCUT2D eigenvalue weighted by Crippen LogP contribution is -2.29. The van der Waals surface area contributed by atoms with E-state index in [1.54, 1.807) is 0 Å². The van der Waals surface area contributed by atoms with Gasteiger partial charge in [-0.05, 0) is 25.5 Å². The normalized spacial score (nSPS) is 12.7. The second kappa shape index (κ2) is 5.36. The SMILES string of the molecule is CCC(C)N(C)c1nc2ccccc2cc1CO. The van der Waals surface area contributed by atoms with Gasteiger partial charge in [0.1, 0.15) is 5.82 Å². The average Bonchev–Trinajstić information content (AvgIpc) is 2.44. The van der Waals surface area contributed by atoms with Crippen LogP contribution >= 0.6 is 0 Å². The fourth-order valence-corrected chi connectivity index (χ4v) is 2.05. The van der Waals surface area contributed by atoms with Crippen molar-refractivity contribution in [1.82, 2.24) is 4.98 Å². The Kier molecular flexibility index (Phi) is 3.82. The summed E-state index contributed by atoms with van der Waals surface area (Å²) < 4.78 is 0. The van der Waals surface area contributed by atoms with Crippen molar-refractivity contribution in [2.75, 3.05) is 11.9 Å². The van der Waals surface area contributed by atoms with Crippen molar-refractivity contribution in [1.29, 1.82) is 0 Å². The Morgan fingerprint density at radius 3 is 2.72 bits per heavy atom. The number of aromatic nitrogens is 1. The number of anilines is 1. The van der Waals surface area contributed by atoms with Crippen LogP contribution in [0, 0.1) is 0 Å². The molecule has 2 rings (SSSR count). The third kappa shape index (κ3) is 2.31. The second-order valence-corrected chi connectivity index (χ2v) is 4.69. The number of nitrogens with zero attached hydrogens (tertiary/aromatic N) is 2. The molecule has 0 aliphatic heterocycles. The zero-order valence-electron chi connectivity index (χ0n) is 11.2. The largest absolute Gasteiger partial charge is 0.392 e. The van der Waals surface area contributed by atoms with E-state index in [2.05, 4.69) is 23.7 Å². The van der Waals surface area contributed by atoms with Crippen molar-refractivity contribution < 1.29 is 5.11 Å². The van der Waals surface area contributed by atoms with Crippen LogP contribution in [0.4, 0.5) is 5.82 Å². The van der Waals surface area contributed by atoms with Crippen molar-refractivity contribution in [2.45, 2.75) is 32.9 Å². The van der Waals surface area contributed by atoms with Crippen LogP contribution in [0.1, 0.15) is 25.8 Å². The van der Waals surface area contributed by atoms with Crippen LogP contribution in [0.25, 0.3) is 10.9 Å². The quantitative estimate of drug-likeness (QED) is 0.898. The maximum atomic E-state index is 9.51. The molecule has 1 heterocycles. The van der Waals surface area contributed by atoms with E-state index in [-0.39, 0.29) is 6.61 Å². The first-order valence-electron chi connectivity index (χ1n) is 6.39. The Morgan fingerprint density at radius 2 is 2.06 bits per heavy atom. The van der Waals surface area contributed by atoms with E-state index in [1.165, 1.54) is 0 Å². The summed E-state index contributed by atoms with van der Waals surface area (Å²) in [6, 6.07) is 10.4. The molecule has 2 aromatic rings. The van der Waals surface area contributed by atoms with Gasteiger partial charge in [-0.25, -0.2) is 4.98 Å². The van der Waals surface area contributed by atoms with Gasteiger partial charge >= 0.3 is 0 Å². The summed E-state index contributed by atoms with van der Waals surface area (Å²) in [5.41, 5.74) is 1.86. The standard InChI is InChI=1S/C15H20N2O/c1-4-11(2)17(3)15-13(10-18)9-12-7-5-6-8-14(12)16-15/h5-9,11,18H,4,10H2,1-3H3. The summed E-state index contributed by atoms with van der Waals surface area (Å²) in [4.78, 5) is 6.82. The molecule has 0 saturated carbocycles. The molecule has 18 heavy (non-hydrogen) atoms. The van der Waals surface area contributed by atoms with Crippen molar-refractivity contribution >= 4 is 16.7 Å². The van der Waals surface area contributed by atoms with Crippen LogP contribution in [0.2, 0.25) is 0 Å². The monoisotopic (exact) mass is 244 g/mol. The molecule has 1 unspecified atom stereocenters. The summed E-state index contributed by atoms with van der Waals surface area (Å²) in [7, 11) is 2.03. The molecule has 0 aliphatic carbocycles. The van der Waals surface area contributed by atoms with Crippen molar-refractivity contribution in [2.24, 2.45) is 0 Å². The van der Waals surface area contributed by atoms with Gasteiger partial charge < -0.3 is 10.0 Å². The second-order valence-electron chi connectivity index (χ2n) is 4.69. The fourth-order valence-electron chi connectivity index (χ4n) is 2.05. The van der Waals surface area contributed by atoms with Crippen LogP contribution in [-0.2, 0) is 6.61 Å². The van der Waals surface area contributed by atoms with Gasteiger partial charge in [0.15, 0.2) is 0 Å². The van der Waals surface area contributed by atoms with E-state index >= 15 is 0 Å². The first-order chi connectivity index (χ1) is 8.67. The number of rotatable bonds is 4. The van der Waals surface area contributed by atoms with Gasteiger partial charge in [0.2, 0.25) is 0 Å². The number of hydrogen-bond donors (Lipinski definition) is 1. The molecule has 3 nitrogen and oxygen atoms in total. The van der Waals surface area contributed by atoms with Gasteiger partial charge in [0.25, 0.3) is 0 Å². The van der Waals surface area contributed by atoms with Crippen LogP contribution in [0.3, 0.4) is 0 Å². The Morgan fingerprint density at radius 1 is 1.33 bits per heavy atom. The van der Waals surface area contributed by atoms with Crippen LogP contribution in [-0.4, -0.2) is 23.2 Å². The van der Waals surface area contributed by atoms with E-state index in [1.807, 2.05) is 37.4 Å². The highest BCUT2D eigenvalue weighted by molar-refractivity contribution is 5.81. The Hall–Kier alpha value is -1.61. The molecule has 0 spiro atoms. The van der Waals surface area contributed by atoms with Gasteiger partial charge in [-0.1, -0.05) is 25.1 Å². The number of benzene rings is 1. The number of aliphatic hydroxyl groups is 1. The molecule has 96 valence electrons. The Bertz CT molecular complexity index is 539. The lowest BCUT2D eigenvalue weighted by molar-refractivity contribution is 0.281. The molecule has 1 atom stereocenters. The smallest absolute Gasteiger partial charge is 0.134 e. The summed E-state index contributed by atoms with van der Waals surface area (Å²) >= 11 is 0. The van der Waals surface area contributed by atoms with Gasteiger partial charge in [0, 0.05) is 24.0 Å². The highest BCUT2D eigenvalue weighted by Gasteiger charge is 2.14. The Labute approximate surface area is 108 Å². The van der Waals surface area contributed by atoms with E-state index in [0.29, 0.717) is 6.04 Å². The van der Waals surface area contributed by atoms with E-state index in [0.717, 1.165) is 28.7 Å². The minimum atomic E-state index is 0.0218. The maximum absolute atomic E-state index is 9.51. The first kappa shape index (κ1) is 12.8. The van der Waals surface area contributed by atoms with Crippen molar-refractivity contribution in [3.05, 3.63) is 35.9 Å². The maximum Gasteiger partial charge on any atom is 0.134 e.